The molecule has 2 aromatic rings. The normalized spacial score (nSPS) is 18.1. The van der Waals surface area contributed by atoms with Gasteiger partial charge in [0.2, 0.25) is 0 Å². The topological polar surface area (TPSA) is 96.3 Å². The van der Waals surface area contributed by atoms with Gasteiger partial charge in [0.1, 0.15) is 11.5 Å². The van der Waals surface area contributed by atoms with E-state index in [2.05, 4.69) is 0 Å². The van der Waals surface area contributed by atoms with E-state index in [4.69, 9.17) is 14.6 Å². The van der Waals surface area contributed by atoms with Crippen LogP contribution >= 0.6 is 0 Å². The third kappa shape index (κ3) is 4.53. The first-order valence-corrected chi connectivity index (χ1v) is 9.83. The van der Waals surface area contributed by atoms with Crippen molar-refractivity contribution in [2.45, 2.75) is 13.0 Å². The zero-order valence-corrected chi connectivity index (χ0v) is 16.8. The summed E-state index contributed by atoms with van der Waals surface area (Å²) in [5.74, 6) is -1.01. The Labute approximate surface area is 175 Å². The lowest BCUT2D eigenvalue weighted by atomic mass is 9.95. The molecule has 1 aliphatic rings. The van der Waals surface area contributed by atoms with Gasteiger partial charge in [0.15, 0.2) is 0 Å². The van der Waals surface area contributed by atoms with Gasteiger partial charge in [0, 0.05) is 12.1 Å². The molecule has 0 unspecified atom stereocenters. The van der Waals surface area contributed by atoms with Gasteiger partial charge < -0.3 is 24.6 Å². The van der Waals surface area contributed by atoms with Crippen LogP contribution in [-0.2, 0) is 14.3 Å². The maximum atomic E-state index is 12.9. The highest BCUT2D eigenvalue weighted by Crippen LogP contribution is 2.39. The maximum Gasteiger partial charge on any atom is 0.295 e. The highest BCUT2D eigenvalue weighted by atomic mass is 16.5. The lowest BCUT2D eigenvalue weighted by molar-refractivity contribution is -0.140. The Balaban J connectivity index is 2.00. The molecule has 1 saturated heterocycles. The standard InChI is InChI=1S/C23H25NO6/c1-2-30-18-10-8-17(9-11-18)21(26)19-20(16-6-4-3-5-7-16)24(23(28)22(19)27)12-14-29-15-13-25/h3-11,20,25-26H,2,12-15H2,1H3/t20-/m0/s1. The molecule has 2 aromatic carbocycles. The zero-order chi connectivity index (χ0) is 21.5. The van der Waals surface area contributed by atoms with Crippen LogP contribution in [0.3, 0.4) is 0 Å². The molecule has 0 aliphatic carbocycles. The number of aliphatic hydroxyl groups is 2. The summed E-state index contributed by atoms with van der Waals surface area (Å²) < 4.78 is 10.7. The Morgan fingerprint density at radius 2 is 1.73 bits per heavy atom. The SMILES string of the molecule is CCOc1ccc(C(O)=C2C(=O)C(=O)N(CCOCCO)[C@H]2c2ccccc2)cc1. The van der Waals surface area contributed by atoms with Crippen molar-refractivity contribution in [3.63, 3.8) is 0 Å². The fourth-order valence-electron chi connectivity index (χ4n) is 3.45. The molecule has 1 aliphatic heterocycles. The van der Waals surface area contributed by atoms with Gasteiger partial charge in [-0.1, -0.05) is 30.3 Å². The summed E-state index contributed by atoms with van der Waals surface area (Å²) in [6.07, 6.45) is 0. The summed E-state index contributed by atoms with van der Waals surface area (Å²) in [5, 5.41) is 19.8. The number of rotatable bonds is 9. The van der Waals surface area contributed by atoms with E-state index < -0.39 is 17.7 Å². The molecule has 7 nitrogen and oxygen atoms in total. The summed E-state index contributed by atoms with van der Waals surface area (Å²) in [7, 11) is 0. The molecule has 0 radical (unpaired) electrons. The molecule has 2 N–H and O–H groups in total. The predicted molar refractivity (Wildman–Crippen MR) is 111 cm³/mol. The van der Waals surface area contributed by atoms with Crippen LogP contribution in [0.5, 0.6) is 5.75 Å². The molecule has 7 heteroatoms. The molecule has 0 saturated carbocycles. The zero-order valence-electron chi connectivity index (χ0n) is 16.8. The molecular formula is C23H25NO6. The molecule has 1 atom stereocenters. The average molecular weight is 411 g/mol. The van der Waals surface area contributed by atoms with E-state index in [-0.39, 0.29) is 37.7 Å². The van der Waals surface area contributed by atoms with Gasteiger partial charge in [-0.25, -0.2) is 0 Å². The van der Waals surface area contributed by atoms with Crippen molar-refractivity contribution in [1.29, 1.82) is 0 Å². The number of ketones is 1. The molecule has 0 bridgehead atoms. The van der Waals surface area contributed by atoms with E-state index >= 15 is 0 Å². The Kier molecular flexibility index (Phi) is 7.21. The number of carbonyl (C=O) groups is 2. The Morgan fingerprint density at radius 1 is 1.03 bits per heavy atom. The van der Waals surface area contributed by atoms with Gasteiger partial charge in [-0.05, 0) is 36.8 Å². The van der Waals surface area contributed by atoms with Gasteiger partial charge in [-0.3, -0.25) is 9.59 Å². The third-order valence-electron chi connectivity index (χ3n) is 4.81. The van der Waals surface area contributed by atoms with Crippen molar-refractivity contribution in [2.75, 3.05) is 33.0 Å². The van der Waals surface area contributed by atoms with Crippen LogP contribution in [0.2, 0.25) is 0 Å². The van der Waals surface area contributed by atoms with Crippen molar-refractivity contribution in [1.82, 2.24) is 4.90 Å². The smallest absolute Gasteiger partial charge is 0.295 e. The van der Waals surface area contributed by atoms with Gasteiger partial charge in [0.25, 0.3) is 11.7 Å². The van der Waals surface area contributed by atoms with Crippen LogP contribution in [-0.4, -0.2) is 59.8 Å². The minimum absolute atomic E-state index is 0.0394. The molecule has 1 fully saturated rings. The predicted octanol–water partition coefficient (Wildman–Crippen LogP) is 2.52. The van der Waals surface area contributed by atoms with E-state index in [1.807, 2.05) is 37.3 Å². The van der Waals surface area contributed by atoms with Gasteiger partial charge in [-0.15, -0.1) is 0 Å². The van der Waals surface area contributed by atoms with Crippen LogP contribution in [0.25, 0.3) is 5.76 Å². The minimum Gasteiger partial charge on any atom is -0.507 e. The lowest BCUT2D eigenvalue weighted by Gasteiger charge is -2.25. The quantitative estimate of drug-likeness (QED) is 0.285. The molecule has 158 valence electrons. The number of nitrogens with zero attached hydrogens (tertiary/aromatic N) is 1. The second-order valence-electron chi connectivity index (χ2n) is 6.70. The fraction of sp³-hybridized carbons (Fsp3) is 0.304. The first-order chi connectivity index (χ1) is 14.6. The number of benzene rings is 2. The first kappa shape index (κ1) is 21.5. The lowest BCUT2D eigenvalue weighted by Crippen LogP contribution is -2.33. The largest absolute Gasteiger partial charge is 0.507 e. The Bertz CT molecular complexity index is 907. The Hall–Kier alpha value is -3.16. The molecule has 3 rings (SSSR count). The highest BCUT2D eigenvalue weighted by molar-refractivity contribution is 6.46. The van der Waals surface area contributed by atoms with Crippen LogP contribution in [0, 0.1) is 0 Å². The number of ether oxygens (including phenoxy) is 2. The molecular weight excluding hydrogens is 386 g/mol. The van der Waals surface area contributed by atoms with Crippen molar-refractivity contribution >= 4 is 17.4 Å². The molecule has 0 aromatic heterocycles. The van der Waals surface area contributed by atoms with Crippen LogP contribution in [0.1, 0.15) is 24.1 Å². The van der Waals surface area contributed by atoms with Gasteiger partial charge >= 0.3 is 0 Å². The van der Waals surface area contributed by atoms with E-state index in [9.17, 15) is 14.7 Å². The fourth-order valence-corrected chi connectivity index (χ4v) is 3.45. The first-order valence-electron chi connectivity index (χ1n) is 9.83. The van der Waals surface area contributed by atoms with Gasteiger partial charge in [-0.2, -0.15) is 0 Å². The summed E-state index contributed by atoms with van der Waals surface area (Å²) in [6, 6.07) is 15.1. The Morgan fingerprint density at radius 3 is 2.37 bits per heavy atom. The van der Waals surface area contributed by atoms with Gasteiger partial charge in [0.05, 0.1) is 38.0 Å². The van der Waals surface area contributed by atoms with Crippen LogP contribution in [0.4, 0.5) is 0 Å². The van der Waals surface area contributed by atoms with E-state index in [0.29, 0.717) is 23.5 Å². The van der Waals surface area contributed by atoms with E-state index in [0.717, 1.165) is 0 Å². The summed E-state index contributed by atoms with van der Waals surface area (Å²) in [5.41, 5.74) is 1.18. The maximum absolute atomic E-state index is 12.9. The minimum atomic E-state index is -0.739. The third-order valence-corrected chi connectivity index (χ3v) is 4.81. The number of carbonyl (C=O) groups excluding carboxylic acids is 2. The monoisotopic (exact) mass is 411 g/mol. The number of amides is 1. The van der Waals surface area contributed by atoms with E-state index in [1.165, 1.54) is 4.90 Å². The van der Waals surface area contributed by atoms with Crippen molar-refractivity contribution < 1.29 is 29.3 Å². The van der Waals surface area contributed by atoms with Crippen molar-refractivity contribution in [2.24, 2.45) is 0 Å². The van der Waals surface area contributed by atoms with Crippen LogP contribution < -0.4 is 4.74 Å². The molecule has 1 heterocycles. The summed E-state index contributed by atoms with van der Waals surface area (Å²) in [6.45, 7) is 2.73. The number of Topliss-reactive ketones (excluding diaryl/α,β-unsaturated/α-hetero) is 1. The van der Waals surface area contributed by atoms with Crippen LogP contribution in [0.15, 0.2) is 60.2 Å². The highest BCUT2D eigenvalue weighted by Gasteiger charge is 2.45. The molecule has 30 heavy (non-hydrogen) atoms. The number of likely N-dealkylation sites (tertiary alicyclic amines) is 1. The second-order valence-corrected chi connectivity index (χ2v) is 6.70. The summed E-state index contributed by atoms with van der Waals surface area (Å²) >= 11 is 0. The second kappa shape index (κ2) is 10.0. The number of hydrogen-bond donors (Lipinski definition) is 2. The number of aliphatic hydroxyl groups excluding tert-OH is 2. The van der Waals surface area contributed by atoms with E-state index in [1.54, 1.807) is 24.3 Å². The van der Waals surface area contributed by atoms with Crippen molar-refractivity contribution in [3.05, 3.63) is 71.3 Å². The molecule has 1 amide bonds. The van der Waals surface area contributed by atoms with Crippen molar-refractivity contribution in [3.8, 4) is 5.75 Å². The number of hydrogen-bond acceptors (Lipinski definition) is 6. The molecule has 0 spiro atoms. The summed E-state index contributed by atoms with van der Waals surface area (Å²) in [4.78, 5) is 27.0. The average Bonchev–Trinajstić information content (AvgIpc) is 3.02.